The number of hydrogen-bond acceptors (Lipinski definition) is 3. The van der Waals surface area contributed by atoms with E-state index in [1.807, 2.05) is 12.1 Å². The summed E-state index contributed by atoms with van der Waals surface area (Å²) < 4.78 is 0. The molecule has 0 aromatic heterocycles. The van der Waals surface area contributed by atoms with Crippen molar-refractivity contribution in [2.75, 3.05) is 0 Å². The lowest BCUT2D eigenvalue weighted by atomic mass is 10.2. The topological polar surface area (TPSA) is 58.6 Å². The second-order valence-corrected chi connectivity index (χ2v) is 5.93. The fourth-order valence-corrected chi connectivity index (χ4v) is 3.58. The Kier molecular flexibility index (Phi) is 4.18. The zero-order chi connectivity index (χ0) is 12.3. The van der Waals surface area contributed by atoms with Gasteiger partial charge in [-0.1, -0.05) is 29.6 Å². The van der Waals surface area contributed by atoms with Gasteiger partial charge in [0, 0.05) is 20.7 Å². The van der Waals surface area contributed by atoms with E-state index in [1.165, 1.54) is 25.7 Å². The van der Waals surface area contributed by atoms with E-state index in [0.717, 1.165) is 10.5 Å². The number of benzene rings is 1. The number of rotatable bonds is 3. The monoisotopic (exact) mass is 270 g/mol. The minimum absolute atomic E-state index is 0.119. The minimum Gasteiger partial charge on any atom is -0.409 e. The van der Waals surface area contributed by atoms with Gasteiger partial charge in [-0.15, -0.1) is 11.8 Å². The van der Waals surface area contributed by atoms with Gasteiger partial charge in [-0.05, 0) is 31.0 Å². The van der Waals surface area contributed by atoms with Crippen molar-refractivity contribution >= 4 is 29.2 Å². The molecule has 5 heteroatoms. The normalized spacial score (nSPS) is 17.6. The second kappa shape index (κ2) is 5.65. The van der Waals surface area contributed by atoms with E-state index >= 15 is 0 Å². The number of hydrogen-bond donors (Lipinski definition) is 2. The minimum atomic E-state index is 0.119. The van der Waals surface area contributed by atoms with Gasteiger partial charge < -0.3 is 10.9 Å². The molecule has 0 unspecified atom stereocenters. The van der Waals surface area contributed by atoms with Crippen LogP contribution in [0.2, 0.25) is 5.02 Å². The number of oxime groups is 1. The molecule has 1 aromatic rings. The van der Waals surface area contributed by atoms with Gasteiger partial charge >= 0.3 is 0 Å². The van der Waals surface area contributed by atoms with Crippen LogP contribution in [0.25, 0.3) is 0 Å². The fourth-order valence-electron chi connectivity index (χ4n) is 2.04. The number of nitrogens with two attached hydrogens (primary N) is 1. The first-order valence-electron chi connectivity index (χ1n) is 5.65. The highest BCUT2D eigenvalue weighted by Crippen LogP contribution is 2.36. The Morgan fingerprint density at radius 2 is 2.12 bits per heavy atom. The summed E-state index contributed by atoms with van der Waals surface area (Å²) in [5.74, 6) is 0.119. The number of nitrogens with zero attached hydrogens (tertiary/aromatic N) is 1. The van der Waals surface area contributed by atoms with Crippen molar-refractivity contribution in [1.29, 1.82) is 0 Å². The lowest BCUT2D eigenvalue weighted by Crippen LogP contribution is -2.14. The number of halogens is 1. The molecule has 92 valence electrons. The molecule has 1 fully saturated rings. The molecule has 17 heavy (non-hydrogen) atoms. The zero-order valence-corrected chi connectivity index (χ0v) is 11.0. The Balaban J connectivity index is 2.25. The van der Waals surface area contributed by atoms with Crippen molar-refractivity contribution in [3.63, 3.8) is 0 Å². The Bertz CT molecular complexity index is 431. The van der Waals surface area contributed by atoms with Crippen LogP contribution < -0.4 is 5.73 Å². The van der Waals surface area contributed by atoms with Crippen molar-refractivity contribution in [3.8, 4) is 0 Å². The predicted octanol–water partition coefficient (Wildman–Crippen LogP) is 3.47. The van der Waals surface area contributed by atoms with Gasteiger partial charge in [0.2, 0.25) is 0 Å². The largest absolute Gasteiger partial charge is 0.409 e. The molecule has 0 aliphatic heterocycles. The Morgan fingerprint density at radius 3 is 2.76 bits per heavy atom. The van der Waals surface area contributed by atoms with Crippen LogP contribution in [0.15, 0.2) is 28.3 Å². The van der Waals surface area contributed by atoms with Crippen LogP contribution in [0.1, 0.15) is 31.2 Å². The molecule has 0 radical (unpaired) electrons. The van der Waals surface area contributed by atoms with E-state index in [0.29, 0.717) is 10.3 Å². The third-order valence-electron chi connectivity index (χ3n) is 2.92. The third kappa shape index (κ3) is 3.07. The van der Waals surface area contributed by atoms with Gasteiger partial charge in [0.25, 0.3) is 0 Å². The Hall–Kier alpha value is -0.870. The average Bonchev–Trinajstić information content (AvgIpc) is 2.83. The van der Waals surface area contributed by atoms with Crippen LogP contribution >= 0.6 is 23.4 Å². The average molecular weight is 271 g/mol. The summed E-state index contributed by atoms with van der Waals surface area (Å²) >= 11 is 7.73. The molecular formula is C12H15ClN2OS. The van der Waals surface area contributed by atoms with E-state index < -0.39 is 0 Å². The van der Waals surface area contributed by atoms with Crippen LogP contribution in [0, 0.1) is 0 Å². The van der Waals surface area contributed by atoms with Gasteiger partial charge in [-0.3, -0.25) is 0 Å². The van der Waals surface area contributed by atoms with Crippen LogP contribution in [0.3, 0.4) is 0 Å². The van der Waals surface area contributed by atoms with E-state index in [1.54, 1.807) is 17.8 Å². The first-order chi connectivity index (χ1) is 8.20. The lowest BCUT2D eigenvalue weighted by molar-refractivity contribution is 0.318. The smallest absolute Gasteiger partial charge is 0.171 e. The highest BCUT2D eigenvalue weighted by Gasteiger charge is 2.18. The Morgan fingerprint density at radius 1 is 1.41 bits per heavy atom. The van der Waals surface area contributed by atoms with Crippen LogP contribution in [0.4, 0.5) is 0 Å². The maximum absolute atomic E-state index is 8.78. The molecule has 3 N–H and O–H groups in total. The molecule has 0 bridgehead atoms. The highest BCUT2D eigenvalue weighted by atomic mass is 35.5. The van der Waals surface area contributed by atoms with E-state index in [-0.39, 0.29) is 5.84 Å². The quantitative estimate of drug-likeness (QED) is 0.383. The molecule has 0 amide bonds. The fraction of sp³-hybridized carbons (Fsp3) is 0.417. The predicted molar refractivity (Wildman–Crippen MR) is 72.1 cm³/mol. The van der Waals surface area contributed by atoms with E-state index in [2.05, 4.69) is 5.16 Å². The highest BCUT2D eigenvalue weighted by molar-refractivity contribution is 8.00. The molecule has 0 heterocycles. The Labute approximate surface area is 110 Å². The SMILES string of the molecule is NC(=NO)c1cc(Cl)ccc1SC1CCCC1. The summed E-state index contributed by atoms with van der Waals surface area (Å²) in [5, 5.41) is 13.1. The molecule has 3 nitrogen and oxygen atoms in total. The molecule has 1 saturated carbocycles. The van der Waals surface area contributed by atoms with Crippen molar-refractivity contribution in [2.24, 2.45) is 10.9 Å². The van der Waals surface area contributed by atoms with Crippen molar-refractivity contribution in [1.82, 2.24) is 0 Å². The summed E-state index contributed by atoms with van der Waals surface area (Å²) in [6, 6.07) is 5.53. The van der Waals surface area contributed by atoms with Gasteiger partial charge in [-0.25, -0.2) is 0 Å². The maximum Gasteiger partial charge on any atom is 0.171 e. The van der Waals surface area contributed by atoms with Crippen molar-refractivity contribution < 1.29 is 5.21 Å². The van der Waals surface area contributed by atoms with Gasteiger partial charge in [0.05, 0.1) is 0 Å². The lowest BCUT2D eigenvalue weighted by Gasteiger charge is -2.12. The maximum atomic E-state index is 8.78. The first kappa shape index (κ1) is 12.6. The summed E-state index contributed by atoms with van der Waals surface area (Å²) in [4.78, 5) is 1.04. The summed E-state index contributed by atoms with van der Waals surface area (Å²) in [6.07, 6.45) is 5.07. The standard InChI is InChI=1S/C12H15ClN2OS/c13-8-5-6-11(10(7-8)12(14)15-16)17-9-3-1-2-4-9/h5-7,9,16H,1-4H2,(H2,14,15). The number of amidine groups is 1. The van der Waals surface area contributed by atoms with Crippen molar-refractivity contribution in [3.05, 3.63) is 28.8 Å². The molecule has 1 aromatic carbocycles. The van der Waals surface area contributed by atoms with Crippen LogP contribution in [-0.2, 0) is 0 Å². The van der Waals surface area contributed by atoms with Crippen LogP contribution in [0.5, 0.6) is 0 Å². The summed E-state index contributed by atoms with van der Waals surface area (Å²) in [5.41, 5.74) is 6.39. The molecule has 1 aliphatic carbocycles. The second-order valence-electron chi connectivity index (χ2n) is 4.15. The van der Waals surface area contributed by atoms with Crippen molar-refractivity contribution in [2.45, 2.75) is 35.8 Å². The molecule has 0 spiro atoms. The molecule has 0 atom stereocenters. The van der Waals surface area contributed by atoms with Gasteiger partial charge in [-0.2, -0.15) is 0 Å². The third-order valence-corrected chi connectivity index (χ3v) is 4.57. The molecule has 2 rings (SSSR count). The molecule has 0 saturated heterocycles. The summed E-state index contributed by atoms with van der Waals surface area (Å²) in [7, 11) is 0. The van der Waals surface area contributed by atoms with E-state index in [4.69, 9.17) is 22.5 Å². The van der Waals surface area contributed by atoms with Gasteiger partial charge in [0.1, 0.15) is 0 Å². The van der Waals surface area contributed by atoms with E-state index in [9.17, 15) is 0 Å². The molecule has 1 aliphatic rings. The first-order valence-corrected chi connectivity index (χ1v) is 6.90. The molecular weight excluding hydrogens is 256 g/mol. The zero-order valence-electron chi connectivity index (χ0n) is 9.40. The number of thioether (sulfide) groups is 1. The van der Waals surface area contributed by atoms with Gasteiger partial charge in [0.15, 0.2) is 5.84 Å². The summed E-state index contributed by atoms with van der Waals surface area (Å²) in [6.45, 7) is 0. The van der Waals surface area contributed by atoms with Crippen LogP contribution in [-0.4, -0.2) is 16.3 Å².